The number of hydrogen-bond acceptors (Lipinski definition) is 2. The summed E-state index contributed by atoms with van der Waals surface area (Å²) < 4.78 is 0. The van der Waals surface area contributed by atoms with Crippen LogP contribution in [0.3, 0.4) is 0 Å². The fourth-order valence-electron chi connectivity index (χ4n) is 2.06. The minimum Gasteiger partial charge on any atom is -0.508 e. The monoisotopic (exact) mass is 270 g/mol. The van der Waals surface area contributed by atoms with Gasteiger partial charge in [0.05, 0.1) is 0 Å². The van der Waals surface area contributed by atoms with Gasteiger partial charge in [-0.3, -0.25) is 0 Å². The van der Waals surface area contributed by atoms with Crippen molar-refractivity contribution in [3.8, 4) is 5.75 Å². The summed E-state index contributed by atoms with van der Waals surface area (Å²) >= 11 is 0. The second kappa shape index (κ2) is 6.10. The Kier molecular flexibility index (Phi) is 4.25. The summed E-state index contributed by atoms with van der Waals surface area (Å²) in [5.41, 5.74) is 3.51. The number of amides is 2. The number of benzene rings is 2. The molecule has 0 fully saturated rings. The smallest absolute Gasteiger partial charge is 0.323 e. The minimum absolute atomic E-state index is 0.118. The van der Waals surface area contributed by atoms with Gasteiger partial charge in [-0.1, -0.05) is 31.2 Å². The summed E-state index contributed by atoms with van der Waals surface area (Å²) in [4.78, 5) is 12.0. The van der Waals surface area contributed by atoms with Crippen LogP contribution in [0.4, 0.5) is 16.2 Å². The van der Waals surface area contributed by atoms with Crippen molar-refractivity contribution in [1.82, 2.24) is 0 Å². The number of carbonyl (C=O) groups excluding carboxylic acids is 1. The van der Waals surface area contributed by atoms with Crippen LogP contribution in [0.5, 0.6) is 5.75 Å². The molecule has 2 rings (SSSR count). The van der Waals surface area contributed by atoms with Gasteiger partial charge in [0, 0.05) is 17.4 Å². The first-order valence-corrected chi connectivity index (χ1v) is 6.55. The van der Waals surface area contributed by atoms with Crippen LogP contribution < -0.4 is 10.6 Å². The van der Waals surface area contributed by atoms with E-state index in [1.54, 1.807) is 18.2 Å². The third kappa shape index (κ3) is 3.29. The van der Waals surface area contributed by atoms with Gasteiger partial charge in [0.2, 0.25) is 0 Å². The maximum Gasteiger partial charge on any atom is 0.323 e. The molecule has 2 aromatic carbocycles. The summed E-state index contributed by atoms with van der Waals surface area (Å²) in [7, 11) is 0. The normalized spacial score (nSPS) is 10.1. The van der Waals surface area contributed by atoms with Crippen molar-refractivity contribution >= 4 is 17.4 Å². The highest BCUT2D eigenvalue weighted by atomic mass is 16.3. The average Bonchev–Trinajstić information content (AvgIpc) is 2.41. The van der Waals surface area contributed by atoms with Crippen molar-refractivity contribution in [3.05, 3.63) is 53.6 Å². The number of phenols is 1. The van der Waals surface area contributed by atoms with Crippen LogP contribution >= 0.6 is 0 Å². The summed E-state index contributed by atoms with van der Waals surface area (Å²) in [6.45, 7) is 4.01. The standard InChI is InChI=1S/C16H18N2O2/c1-3-12-7-4-6-11(2)15(12)18-16(20)17-13-8-5-9-14(19)10-13/h4-10,19H,3H2,1-2H3,(H2,17,18,20). The number of para-hydroxylation sites is 1. The zero-order chi connectivity index (χ0) is 14.5. The lowest BCUT2D eigenvalue weighted by Gasteiger charge is -2.13. The molecule has 0 spiro atoms. The van der Waals surface area contributed by atoms with Crippen LogP contribution in [-0.4, -0.2) is 11.1 Å². The third-order valence-corrected chi connectivity index (χ3v) is 3.08. The number of hydrogen-bond donors (Lipinski definition) is 3. The maximum atomic E-state index is 12.0. The molecule has 0 atom stereocenters. The van der Waals surface area contributed by atoms with E-state index in [1.165, 1.54) is 6.07 Å². The number of phenolic OH excluding ortho intramolecular Hbond substituents is 1. The average molecular weight is 270 g/mol. The third-order valence-electron chi connectivity index (χ3n) is 3.08. The predicted molar refractivity (Wildman–Crippen MR) is 81.3 cm³/mol. The van der Waals surface area contributed by atoms with E-state index in [0.29, 0.717) is 5.69 Å². The molecule has 0 saturated heterocycles. The highest BCUT2D eigenvalue weighted by Gasteiger charge is 2.08. The Morgan fingerprint density at radius 2 is 1.90 bits per heavy atom. The van der Waals surface area contributed by atoms with Crippen molar-refractivity contribution in [2.75, 3.05) is 10.6 Å². The highest BCUT2D eigenvalue weighted by Crippen LogP contribution is 2.22. The molecule has 0 aliphatic carbocycles. The van der Waals surface area contributed by atoms with Crippen LogP contribution in [0.2, 0.25) is 0 Å². The fourth-order valence-corrected chi connectivity index (χ4v) is 2.06. The van der Waals surface area contributed by atoms with Gasteiger partial charge in [-0.15, -0.1) is 0 Å². The van der Waals surface area contributed by atoms with Crippen molar-refractivity contribution < 1.29 is 9.90 Å². The zero-order valence-electron chi connectivity index (χ0n) is 11.6. The van der Waals surface area contributed by atoms with Crippen molar-refractivity contribution in [2.24, 2.45) is 0 Å². The van der Waals surface area contributed by atoms with Crippen LogP contribution in [0.15, 0.2) is 42.5 Å². The van der Waals surface area contributed by atoms with Crippen LogP contribution in [0.25, 0.3) is 0 Å². The molecule has 0 aromatic heterocycles. The van der Waals surface area contributed by atoms with E-state index in [0.717, 1.165) is 23.2 Å². The molecule has 0 radical (unpaired) electrons. The summed E-state index contributed by atoms with van der Waals surface area (Å²) in [6, 6.07) is 12.1. The summed E-state index contributed by atoms with van der Waals surface area (Å²) in [6.07, 6.45) is 0.851. The zero-order valence-corrected chi connectivity index (χ0v) is 11.6. The maximum absolute atomic E-state index is 12.0. The molecule has 4 heteroatoms. The number of carbonyl (C=O) groups is 1. The van der Waals surface area contributed by atoms with E-state index in [1.807, 2.05) is 32.0 Å². The van der Waals surface area contributed by atoms with Gasteiger partial charge in [0.15, 0.2) is 0 Å². The van der Waals surface area contributed by atoms with E-state index < -0.39 is 0 Å². The molecule has 2 amide bonds. The molecule has 104 valence electrons. The number of rotatable bonds is 3. The Labute approximate surface area is 118 Å². The van der Waals surface area contributed by atoms with Gasteiger partial charge in [-0.25, -0.2) is 4.79 Å². The van der Waals surface area contributed by atoms with E-state index in [-0.39, 0.29) is 11.8 Å². The Morgan fingerprint density at radius 3 is 2.60 bits per heavy atom. The second-order valence-corrected chi connectivity index (χ2v) is 4.59. The van der Waals surface area contributed by atoms with Gasteiger partial charge in [-0.05, 0) is 36.6 Å². The lowest BCUT2D eigenvalue weighted by atomic mass is 10.1. The molecule has 0 heterocycles. The minimum atomic E-state index is -0.320. The molecular weight excluding hydrogens is 252 g/mol. The first-order chi connectivity index (χ1) is 9.60. The van der Waals surface area contributed by atoms with Crippen molar-refractivity contribution in [2.45, 2.75) is 20.3 Å². The molecule has 3 N–H and O–H groups in total. The summed E-state index contributed by atoms with van der Waals surface area (Å²) in [5.74, 6) is 0.118. The van der Waals surface area contributed by atoms with E-state index >= 15 is 0 Å². The van der Waals surface area contributed by atoms with Gasteiger partial charge in [0.25, 0.3) is 0 Å². The SMILES string of the molecule is CCc1cccc(C)c1NC(=O)Nc1cccc(O)c1. The Balaban J connectivity index is 2.12. The largest absolute Gasteiger partial charge is 0.508 e. The Bertz CT molecular complexity index is 624. The predicted octanol–water partition coefficient (Wildman–Crippen LogP) is 3.91. The molecule has 0 unspecified atom stereocenters. The molecule has 0 saturated carbocycles. The first-order valence-electron chi connectivity index (χ1n) is 6.55. The molecule has 20 heavy (non-hydrogen) atoms. The topological polar surface area (TPSA) is 61.4 Å². The van der Waals surface area contributed by atoms with Crippen molar-refractivity contribution in [3.63, 3.8) is 0 Å². The number of nitrogens with one attached hydrogen (secondary N) is 2. The summed E-state index contributed by atoms with van der Waals surface area (Å²) in [5, 5.41) is 14.9. The second-order valence-electron chi connectivity index (χ2n) is 4.59. The molecular formula is C16H18N2O2. The van der Waals surface area contributed by atoms with E-state index in [9.17, 15) is 9.90 Å². The highest BCUT2D eigenvalue weighted by molar-refractivity contribution is 6.00. The van der Waals surface area contributed by atoms with Crippen LogP contribution in [0, 0.1) is 6.92 Å². The van der Waals surface area contributed by atoms with Crippen LogP contribution in [-0.2, 0) is 6.42 Å². The molecule has 0 bridgehead atoms. The quantitative estimate of drug-likeness (QED) is 0.792. The van der Waals surface area contributed by atoms with Crippen LogP contribution in [0.1, 0.15) is 18.1 Å². The fraction of sp³-hybridized carbons (Fsp3) is 0.188. The Morgan fingerprint density at radius 1 is 1.15 bits per heavy atom. The number of aryl methyl sites for hydroxylation is 2. The van der Waals surface area contributed by atoms with E-state index in [4.69, 9.17) is 0 Å². The van der Waals surface area contributed by atoms with Crippen molar-refractivity contribution in [1.29, 1.82) is 0 Å². The molecule has 0 aliphatic heterocycles. The van der Waals surface area contributed by atoms with E-state index in [2.05, 4.69) is 10.6 Å². The number of anilines is 2. The van der Waals surface area contributed by atoms with Gasteiger partial charge in [-0.2, -0.15) is 0 Å². The van der Waals surface area contributed by atoms with Gasteiger partial charge < -0.3 is 15.7 Å². The molecule has 2 aromatic rings. The lowest BCUT2D eigenvalue weighted by Crippen LogP contribution is -2.20. The van der Waals surface area contributed by atoms with Gasteiger partial charge in [0.1, 0.15) is 5.75 Å². The van der Waals surface area contributed by atoms with Gasteiger partial charge >= 0.3 is 6.03 Å². The number of urea groups is 1. The molecule has 4 nitrogen and oxygen atoms in total. The Hall–Kier alpha value is -2.49. The molecule has 0 aliphatic rings. The number of aromatic hydroxyl groups is 1. The first kappa shape index (κ1) is 13.9. The lowest BCUT2D eigenvalue weighted by molar-refractivity contribution is 0.262.